The third-order valence-electron chi connectivity index (χ3n) is 6.46. The molecule has 0 aliphatic carbocycles. The van der Waals surface area contributed by atoms with Crippen LogP contribution in [0.15, 0.2) is 42.6 Å². The number of hydrogen-bond acceptors (Lipinski definition) is 6. The molecule has 5 rings (SSSR count). The fraction of sp³-hybridized carbons (Fsp3) is 0.348. The summed E-state index contributed by atoms with van der Waals surface area (Å²) in [4.78, 5) is 7.70. The molecule has 4 heterocycles. The van der Waals surface area contributed by atoms with Gasteiger partial charge in [-0.3, -0.25) is 0 Å². The lowest BCUT2D eigenvalue weighted by molar-refractivity contribution is 0.358. The number of sulfone groups is 1. The molecule has 35 heavy (non-hydrogen) atoms. The predicted octanol–water partition coefficient (Wildman–Crippen LogP) is 2.44. The fourth-order valence-electron chi connectivity index (χ4n) is 4.52. The van der Waals surface area contributed by atoms with Gasteiger partial charge in [0.15, 0.2) is 9.84 Å². The number of pyridine rings is 1. The maximum absolute atomic E-state index is 14.0. The Hall–Kier alpha value is -2.80. The molecule has 0 radical (unpaired) electrons. The van der Waals surface area contributed by atoms with E-state index in [9.17, 15) is 21.2 Å². The van der Waals surface area contributed by atoms with Gasteiger partial charge < -0.3 is 9.72 Å². The first-order valence-electron chi connectivity index (χ1n) is 11.1. The molecule has 1 saturated heterocycles. The summed E-state index contributed by atoms with van der Waals surface area (Å²) in [5.74, 6) is -0.127. The SMILES string of the molecule is COc1ccc(F)cc1-c1ccnc2[nH]c(C3=CCN(S(=O)(=O)N4CCS(=O)(=O)CC4)CC3)cc12. The lowest BCUT2D eigenvalue weighted by Crippen LogP contribution is -2.50. The molecule has 2 aromatic heterocycles. The number of benzene rings is 1. The molecule has 2 aliphatic rings. The smallest absolute Gasteiger partial charge is 0.282 e. The molecule has 3 aromatic rings. The highest BCUT2D eigenvalue weighted by molar-refractivity contribution is 7.91. The van der Waals surface area contributed by atoms with E-state index in [2.05, 4.69) is 9.97 Å². The summed E-state index contributed by atoms with van der Waals surface area (Å²) in [6.45, 7) is 0.439. The van der Waals surface area contributed by atoms with E-state index in [4.69, 9.17) is 4.74 Å². The van der Waals surface area contributed by atoms with E-state index in [1.807, 2.05) is 12.1 Å². The molecule has 1 aromatic carbocycles. The second kappa shape index (κ2) is 9.01. The second-order valence-electron chi connectivity index (χ2n) is 8.54. The molecule has 9 nitrogen and oxygen atoms in total. The van der Waals surface area contributed by atoms with Gasteiger partial charge in [-0.05, 0) is 47.9 Å². The molecule has 1 fully saturated rings. The highest BCUT2D eigenvalue weighted by Crippen LogP contribution is 2.36. The summed E-state index contributed by atoms with van der Waals surface area (Å²) in [5, 5.41) is 0.803. The Morgan fingerprint density at radius 3 is 2.51 bits per heavy atom. The van der Waals surface area contributed by atoms with Crippen LogP contribution < -0.4 is 4.74 Å². The van der Waals surface area contributed by atoms with Crippen molar-refractivity contribution < 1.29 is 26.0 Å². The van der Waals surface area contributed by atoms with Crippen molar-refractivity contribution in [1.82, 2.24) is 18.6 Å². The van der Waals surface area contributed by atoms with Crippen LogP contribution >= 0.6 is 0 Å². The van der Waals surface area contributed by atoms with Crippen LogP contribution in [0.25, 0.3) is 27.7 Å². The van der Waals surface area contributed by atoms with Crippen LogP contribution in [0.4, 0.5) is 4.39 Å². The van der Waals surface area contributed by atoms with Gasteiger partial charge in [0, 0.05) is 49.0 Å². The Bertz CT molecular complexity index is 1520. The minimum atomic E-state index is -3.73. The average Bonchev–Trinajstić information content (AvgIpc) is 3.28. The number of ether oxygens (including phenoxy) is 1. The fourth-order valence-corrected chi connectivity index (χ4v) is 7.51. The van der Waals surface area contributed by atoms with Crippen molar-refractivity contribution in [2.75, 3.05) is 44.8 Å². The number of hydrogen-bond donors (Lipinski definition) is 1. The van der Waals surface area contributed by atoms with Gasteiger partial charge in [-0.15, -0.1) is 0 Å². The van der Waals surface area contributed by atoms with Gasteiger partial charge in [-0.25, -0.2) is 17.8 Å². The van der Waals surface area contributed by atoms with Crippen molar-refractivity contribution in [2.24, 2.45) is 0 Å². The Morgan fingerprint density at radius 1 is 1.06 bits per heavy atom. The van der Waals surface area contributed by atoms with Gasteiger partial charge in [0.2, 0.25) is 0 Å². The van der Waals surface area contributed by atoms with E-state index < -0.39 is 20.0 Å². The minimum absolute atomic E-state index is 0.0161. The van der Waals surface area contributed by atoms with Gasteiger partial charge in [0.1, 0.15) is 17.2 Å². The van der Waals surface area contributed by atoms with Crippen LogP contribution in [0.5, 0.6) is 5.75 Å². The number of fused-ring (bicyclic) bond motifs is 1. The minimum Gasteiger partial charge on any atom is -0.496 e. The zero-order chi connectivity index (χ0) is 24.8. The van der Waals surface area contributed by atoms with Crippen molar-refractivity contribution >= 4 is 36.7 Å². The first kappa shape index (κ1) is 23.9. The molecule has 0 atom stereocenters. The number of nitrogens with one attached hydrogen (secondary N) is 1. The number of aromatic amines is 1. The van der Waals surface area contributed by atoms with Crippen molar-refractivity contribution in [3.8, 4) is 16.9 Å². The topological polar surface area (TPSA) is 113 Å². The number of nitrogens with zero attached hydrogens (tertiary/aromatic N) is 3. The molecule has 2 aliphatic heterocycles. The number of halogens is 1. The molecule has 0 saturated carbocycles. The lowest BCUT2D eigenvalue weighted by atomic mass is 10.0. The number of H-pyrrole nitrogens is 1. The highest BCUT2D eigenvalue weighted by Gasteiger charge is 2.35. The van der Waals surface area contributed by atoms with Gasteiger partial charge in [-0.2, -0.15) is 17.0 Å². The zero-order valence-electron chi connectivity index (χ0n) is 19.1. The Balaban J connectivity index is 1.41. The van der Waals surface area contributed by atoms with Crippen LogP contribution in [0.1, 0.15) is 12.1 Å². The van der Waals surface area contributed by atoms with Gasteiger partial charge in [0.25, 0.3) is 10.2 Å². The predicted molar refractivity (Wildman–Crippen MR) is 131 cm³/mol. The van der Waals surface area contributed by atoms with Crippen molar-refractivity contribution in [3.05, 3.63) is 54.1 Å². The monoisotopic (exact) mass is 520 g/mol. The standard InChI is InChI=1S/C23H25FN4O5S2/c1-33-22-3-2-17(24)14-19(22)18-4-7-25-23-20(18)15-21(26-23)16-5-8-27(9-6-16)35(31,32)28-10-12-34(29,30)13-11-28/h2-5,7,14-15H,6,8-13H2,1H3,(H,25,26). The quantitative estimate of drug-likeness (QED) is 0.553. The summed E-state index contributed by atoms with van der Waals surface area (Å²) >= 11 is 0. The Kier molecular flexibility index (Phi) is 6.16. The van der Waals surface area contributed by atoms with Crippen LogP contribution in [-0.2, 0) is 20.0 Å². The van der Waals surface area contributed by atoms with Crippen LogP contribution in [-0.4, -0.2) is 80.2 Å². The molecule has 12 heteroatoms. The van der Waals surface area contributed by atoms with E-state index >= 15 is 0 Å². The summed E-state index contributed by atoms with van der Waals surface area (Å²) < 4.78 is 71.3. The third-order valence-corrected chi connectivity index (χ3v) is 10.1. The summed E-state index contributed by atoms with van der Waals surface area (Å²) in [6.07, 6.45) is 3.98. The normalized spacial score (nSPS) is 19.5. The summed E-state index contributed by atoms with van der Waals surface area (Å²) in [6, 6.07) is 8.10. The van der Waals surface area contributed by atoms with Crippen molar-refractivity contribution in [2.45, 2.75) is 6.42 Å². The van der Waals surface area contributed by atoms with E-state index in [0.29, 0.717) is 23.4 Å². The molecular formula is C23H25FN4O5S2. The van der Waals surface area contributed by atoms with Crippen molar-refractivity contribution in [3.63, 3.8) is 0 Å². The van der Waals surface area contributed by atoms with E-state index in [1.54, 1.807) is 18.3 Å². The number of rotatable bonds is 5. The first-order valence-corrected chi connectivity index (χ1v) is 14.4. The third kappa shape index (κ3) is 4.58. The van der Waals surface area contributed by atoms with Crippen molar-refractivity contribution in [1.29, 1.82) is 0 Å². The Labute approximate surface area is 203 Å². The van der Waals surface area contributed by atoms with Gasteiger partial charge in [0.05, 0.1) is 18.6 Å². The molecule has 0 bridgehead atoms. The van der Waals surface area contributed by atoms with Gasteiger partial charge >= 0.3 is 0 Å². The molecule has 1 N–H and O–H groups in total. The molecule has 0 unspecified atom stereocenters. The van der Waals surface area contributed by atoms with E-state index in [1.165, 1.54) is 27.9 Å². The average molecular weight is 521 g/mol. The van der Waals surface area contributed by atoms with Gasteiger partial charge in [-0.1, -0.05) is 6.08 Å². The van der Waals surface area contributed by atoms with Crippen LogP contribution in [0.2, 0.25) is 0 Å². The summed E-state index contributed by atoms with van der Waals surface area (Å²) in [5.41, 5.74) is 3.79. The van der Waals surface area contributed by atoms with Crippen LogP contribution in [0.3, 0.4) is 0 Å². The Morgan fingerprint density at radius 2 is 1.83 bits per heavy atom. The molecular weight excluding hydrogens is 495 g/mol. The first-order chi connectivity index (χ1) is 16.7. The summed E-state index contributed by atoms with van der Waals surface area (Å²) in [7, 11) is -5.37. The van der Waals surface area contributed by atoms with E-state index in [0.717, 1.165) is 22.2 Å². The maximum atomic E-state index is 14.0. The molecule has 186 valence electrons. The maximum Gasteiger partial charge on any atom is 0.282 e. The molecule has 0 amide bonds. The zero-order valence-corrected chi connectivity index (χ0v) is 20.7. The van der Waals surface area contributed by atoms with Crippen LogP contribution in [0, 0.1) is 5.82 Å². The molecule has 0 spiro atoms. The second-order valence-corrected chi connectivity index (χ2v) is 12.8. The van der Waals surface area contributed by atoms with E-state index in [-0.39, 0.29) is 43.5 Å². The highest BCUT2D eigenvalue weighted by atomic mass is 32.2. The largest absolute Gasteiger partial charge is 0.496 e. The number of aromatic nitrogens is 2. The lowest BCUT2D eigenvalue weighted by Gasteiger charge is -2.33. The number of methoxy groups -OCH3 is 1.